The molecule has 0 fully saturated rings. The molecule has 8 heteroatoms. The van der Waals surface area contributed by atoms with E-state index < -0.39 is 12.1 Å². The average molecular weight is 465 g/mol. The van der Waals surface area contributed by atoms with E-state index in [9.17, 15) is 0 Å². The normalized spacial score (nSPS) is 18.8. The van der Waals surface area contributed by atoms with Crippen molar-refractivity contribution in [1.82, 2.24) is 14.8 Å². The molecule has 0 amide bonds. The second-order valence-electron chi connectivity index (χ2n) is 7.57. The number of halogens is 3. The van der Waals surface area contributed by atoms with Gasteiger partial charge in [0.2, 0.25) is 5.95 Å². The van der Waals surface area contributed by atoms with Gasteiger partial charge in [-0.3, -0.25) is 0 Å². The Kier molecular flexibility index (Phi) is 4.45. The van der Waals surface area contributed by atoms with E-state index in [-0.39, 0.29) is 5.82 Å². The number of nitrogens with one attached hydrogen (secondary N) is 1. The van der Waals surface area contributed by atoms with Crippen molar-refractivity contribution in [2.75, 3.05) is 5.32 Å². The Hall–Kier alpha value is -3.35. The van der Waals surface area contributed by atoms with Gasteiger partial charge in [0.05, 0.1) is 5.70 Å². The summed E-state index contributed by atoms with van der Waals surface area (Å²) in [6, 6.07) is 19.0. The van der Waals surface area contributed by atoms with Crippen molar-refractivity contribution in [3.63, 3.8) is 0 Å². The lowest BCUT2D eigenvalue weighted by atomic mass is 9.84. The Morgan fingerprint density at radius 2 is 1.75 bits per heavy atom. The summed E-state index contributed by atoms with van der Waals surface area (Å²) < 4.78 is 23.3. The molecule has 0 spiro atoms. The Balaban J connectivity index is 1.68. The molecule has 0 saturated heterocycles. The minimum Gasteiger partial charge on any atom is -0.480 e. The molecule has 3 heterocycles. The first-order valence-electron chi connectivity index (χ1n) is 9.98. The van der Waals surface area contributed by atoms with Gasteiger partial charge in [0.15, 0.2) is 6.10 Å². The summed E-state index contributed by atoms with van der Waals surface area (Å²) in [6.45, 7) is 0. The van der Waals surface area contributed by atoms with Crippen LogP contribution in [-0.2, 0) is 0 Å². The van der Waals surface area contributed by atoms with Crippen molar-refractivity contribution in [3.05, 3.63) is 111 Å². The first-order valence-corrected chi connectivity index (χ1v) is 10.7. The predicted octanol–water partition coefficient (Wildman–Crippen LogP) is 6.28. The molecule has 0 bridgehead atoms. The van der Waals surface area contributed by atoms with E-state index in [0.29, 0.717) is 27.3 Å². The van der Waals surface area contributed by atoms with Crippen LogP contribution in [0.1, 0.15) is 28.8 Å². The van der Waals surface area contributed by atoms with Crippen LogP contribution in [0, 0.1) is 5.82 Å². The molecule has 6 rings (SSSR count). The Bertz CT molecular complexity index is 1400. The van der Waals surface area contributed by atoms with E-state index in [4.69, 9.17) is 27.9 Å². The maximum absolute atomic E-state index is 15.1. The topological polar surface area (TPSA) is 52.0 Å². The van der Waals surface area contributed by atoms with Crippen molar-refractivity contribution < 1.29 is 9.13 Å². The maximum Gasteiger partial charge on any atom is 0.226 e. The molecule has 3 aromatic carbocycles. The van der Waals surface area contributed by atoms with E-state index in [1.54, 1.807) is 28.9 Å². The summed E-state index contributed by atoms with van der Waals surface area (Å²) >= 11 is 12.9. The lowest BCUT2D eigenvalue weighted by Gasteiger charge is -2.39. The summed E-state index contributed by atoms with van der Waals surface area (Å²) in [5.74, 6) is 0.802. The third kappa shape index (κ3) is 2.91. The van der Waals surface area contributed by atoms with Gasteiger partial charge in [-0.25, -0.2) is 9.07 Å². The van der Waals surface area contributed by atoms with Crippen LogP contribution in [0.25, 0.3) is 5.70 Å². The molecular formula is C24H15Cl2FN4O. The highest BCUT2D eigenvalue weighted by atomic mass is 35.5. The predicted molar refractivity (Wildman–Crippen MR) is 121 cm³/mol. The number of rotatable bonds is 2. The van der Waals surface area contributed by atoms with Crippen LogP contribution < -0.4 is 10.1 Å². The zero-order chi connectivity index (χ0) is 21.8. The maximum atomic E-state index is 15.1. The first-order chi connectivity index (χ1) is 15.6. The van der Waals surface area contributed by atoms with E-state index in [2.05, 4.69) is 15.4 Å². The van der Waals surface area contributed by atoms with Crippen molar-refractivity contribution in [3.8, 4) is 5.75 Å². The van der Waals surface area contributed by atoms with Crippen molar-refractivity contribution in [2.45, 2.75) is 12.1 Å². The number of aromatic nitrogens is 3. The quantitative estimate of drug-likeness (QED) is 0.379. The molecule has 0 radical (unpaired) electrons. The van der Waals surface area contributed by atoms with Gasteiger partial charge in [-0.1, -0.05) is 59.6 Å². The molecule has 4 aromatic rings. The molecule has 1 aromatic heterocycles. The van der Waals surface area contributed by atoms with Gasteiger partial charge >= 0.3 is 0 Å². The van der Waals surface area contributed by atoms with Crippen LogP contribution in [0.3, 0.4) is 0 Å². The number of hydrogen-bond acceptors (Lipinski definition) is 4. The van der Waals surface area contributed by atoms with Gasteiger partial charge in [0.25, 0.3) is 0 Å². The number of hydrogen-bond donors (Lipinski definition) is 1. The van der Waals surface area contributed by atoms with Gasteiger partial charge in [0.1, 0.15) is 23.9 Å². The standard InChI is InChI=1S/C24H15Cl2FN4O/c25-13-9-10-19-16(11-13)21-20(23(32-19)14-5-1-3-7-17(14)26)22(15-6-2-4-8-18(15)27)31-24(30-21)28-12-29-31/h1-12,22-23H,(H,28,29,30). The molecular weight excluding hydrogens is 450 g/mol. The third-order valence-corrected chi connectivity index (χ3v) is 6.34. The van der Waals surface area contributed by atoms with Crippen molar-refractivity contribution in [1.29, 1.82) is 0 Å². The minimum absolute atomic E-state index is 0.345. The SMILES string of the molecule is Fc1ccccc1C1C2=C(Nc3ncnn31)c1cc(Cl)ccc1OC2c1ccccc1Cl. The first kappa shape index (κ1) is 19.3. The number of anilines is 1. The lowest BCUT2D eigenvalue weighted by Crippen LogP contribution is -2.33. The largest absolute Gasteiger partial charge is 0.480 e. The van der Waals surface area contributed by atoms with Gasteiger partial charge in [-0.15, -0.1) is 0 Å². The number of benzene rings is 3. The van der Waals surface area contributed by atoms with Gasteiger partial charge in [-0.05, 0) is 30.3 Å². The molecule has 0 aliphatic carbocycles. The fourth-order valence-electron chi connectivity index (χ4n) is 4.38. The van der Waals surface area contributed by atoms with Gasteiger partial charge < -0.3 is 10.1 Å². The highest BCUT2D eigenvalue weighted by molar-refractivity contribution is 6.31. The van der Waals surface area contributed by atoms with Crippen molar-refractivity contribution in [2.24, 2.45) is 0 Å². The highest BCUT2D eigenvalue weighted by Gasteiger charge is 2.42. The van der Waals surface area contributed by atoms with Crippen LogP contribution in [0.2, 0.25) is 10.0 Å². The summed E-state index contributed by atoms with van der Waals surface area (Å²) in [6.07, 6.45) is 0.862. The summed E-state index contributed by atoms with van der Waals surface area (Å²) in [7, 11) is 0. The molecule has 2 aliphatic heterocycles. The zero-order valence-electron chi connectivity index (χ0n) is 16.5. The van der Waals surface area contributed by atoms with Crippen LogP contribution in [0.15, 0.2) is 78.6 Å². The zero-order valence-corrected chi connectivity index (χ0v) is 18.0. The van der Waals surface area contributed by atoms with Crippen LogP contribution >= 0.6 is 23.2 Å². The molecule has 158 valence electrons. The monoisotopic (exact) mass is 464 g/mol. The lowest BCUT2D eigenvalue weighted by molar-refractivity contribution is 0.222. The third-order valence-electron chi connectivity index (χ3n) is 5.76. The minimum atomic E-state index is -0.599. The summed E-state index contributed by atoms with van der Waals surface area (Å²) in [5, 5.41) is 8.88. The fourth-order valence-corrected chi connectivity index (χ4v) is 4.79. The Morgan fingerprint density at radius 3 is 2.56 bits per heavy atom. The summed E-state index contributed by atoms with van der Waals surface area (Å²) in [5.41, 5.74) is 3.53. The van der Waals surface area contributed by atoms with Crippen LogP contribution in [-0.4, -0.2) is 14.8 Å². The molecule has 2 atom stereocenters. The molecule has 1 N–H and O–H groups in total. The average Bonchev–Trinajstić information content (AvgIpc) is 3.27. The number of fused-ring (bicyclic) bond motifs is 3. The highest BCUT2D eigenvalue weighted by Crippen LogP contribution is 2.52. The second-order valence-corrected chi connectivity index (χ2v) is 8.41. The van der Waals surface area contributed by atoms with E-state index in [1.165, 1.54) is 12.4 Å². The fraction of sp³-hybridized carbons (Fsp3) is 0.0833. The van der Waals surface area contributed by atoms with Crippen molar-refractivity contribution >= 4 is 34.8 Å². The van der Waals surface area contributed by atoms with E-state index in [0.717, 1.165) is 22.4 Å². The molecule has 32 heavy (non-hydrogen) atoms. The number of nitrogens with zero attached hydrogens (tertiary/aromatic N) is 3. The molecule has 5 nitrogen and oxygen atoms in total. The van der Waals surface area contributed by atoms with Gasteiger partial charge in [0, 0.05) is 32.3 Å². The molecule has 2 unspecified atom stereocenters. The van der Waals surface area contributed by atoms with Gasteiger partial charge in [-0.2, -0.15) is 10.1 Å². The summed E-state index contributed by atoms with van der Waals surface area (Å²) in [4.78, 5) is 4.35. The Labute approximate surface area is 193 Å². The van der Waals surface area contributed by atoms with E-state index >= 15 is 4.39 Å². The molecule has 2 aliphatic rings. The second kappa shape index (κ2) is 7.36. The Morgan fingerprint density at radius 1 is 0.969 bits per heavy atom. The van der Waals surface area contributed by atoms with E-state index in [1.807, 2.05) is 36.4 Å². The number of ether oxygens (including phenoxy) is 1. The van der Waals surface area contributed by atoms with Crippen LogP contribution in [0.4, 0.5) is 10.3 Å². The molecule has 0 saturated carbocycles. The van der Waals surface area contributed by atoms with Crippen LogP contribution in [0.5, 0.6) is 5.75 Å². The smallest absolute Gasteiger partial charge is 0.226 e.